The fraction of sp³-hybridized carbons (Fsp3) is 0.667. The molecule has 3 rings (SSSR count). The number of likely N-dealkylation sites (tertiary alicyclic amines) is 1. The fourth-order valence-electron chi connectivity index (χ4n) is 3.18. The maximum absolute atomic E-state index is 12.4. The van der Waals surface area contributed by atoms with E-state index in [1.54, 1.807) is 0 Å². The zero-order valence-electron chi connectivity index (χ0n) is 12.9. The van der Waals surface area contributed by atoms with Crippen molar-refractivity contribution in [3.05, 3.63) is 17.0 Å². The molecule has 0 saturated carbocycles. The van der Waals surface area contributed by atoms with E-state index in [1.165, 1.54) is 0 Å². The van der Waals surface area contributed by atoms with Crippen LogP contribution >= 0.6 is 0 Å². The molecule has 0 radical (unpaired) electrons. The van der Waals surface area contributed by atoms with Gasteiger partial charge in [-0.2, -0.15) is 0 Å². The third-order valence-electron chi connectivity index (χ3n) is 4.45. The van der Waals surface area contributed by atoms with Crippen molar-refractivity contribution in [1.29, 1.82) is 0 Å². The van der Waals surface area contributed by atoms with Crippen LogP contribution in [-0.4, -0.2) is 53.7 Å². The summed E-state index contributed by atoms with van der Waals surface area (Å²) in [7, 11) is 0. The Kier molecular flexibility index (Phi) is 4.15. The molecule has 1 aromatic heterocycles. The smallest absolute Gasteiger partial charge is 0.246 e. The number of carbonyl (C=O) groups excluding carboxylic acids is 2. The van der Waals surface area contributed by atoms with Gasteiger partial charge in [-0.25, -0.2) is 0 Å². The van der Waals surface area contributed by atoms with Crippen molar-refractivity contribution in [2.24, 2.45) is 0 Å². The summed E-state index contributed by atoms with van der Waals surface area (Å²) in [6.45, 7) is 5.08. The molecule has 2 fully saturated rings. The van der Waals surface area contributed by atoms with Crippen molar-refractivity contribution in [2.45, 2.75) is 45.3 Å². The zero-order valence-corrected chi connectivity index (χ0v) is 12.9. The largest absolute Gasteiger partial charge is 0.366 e. The predicted molar refractivity (Wildman–Crippen MR) is 77.2 cm³/mol. The first-order chi connectivity index (χ1) is 10.5. The second-order valence-corrected chi connectivity index (χ2v) is 5.95. The van der Waals surface area contributed by atoms with Crippen LogP contribution in [-0.2, 0) is 20.7 Å². The van der Waals surface area contributed by atoms with Crippen molar-refractivity contribution in [1.82, 2.24) is 15.4 Å². The summed E-state index contributed by atoms with van der Waals surface area (Å²) >= 11 is 0. The van der Waals surface area contributed by atoms with E-state index in [2.05, 4.69) is 10.5 Å². The second-order valence-electron chi connectivity index (χ2n) is 5.95. The van der Waals surface area contributed by atoms with Crippen LogP contribution in [0.5, 0.6) is 0 Å². The third kappa shape index (κ3) is 2.99. The highest BCUT2D eigenvalue weighted by atomic mass is 16.5. The molecule has 2 aliphatic rings. The van der Waals surface area contributed by atoms with E-state index in [0.29, 0.717) is 25.9 Å². The number of ether oxygens (including phenoxy) is 1. The molecule has 0 aliphatic carbocycles. The summed E-state index contributed by atoms with van der Waals surface area (Å²) in [5.41, 5.74) is 1.86. The van der Waals surface area contributed by atoms with Gasteiger partial charge in [0.1, 0.15) is 12.4 Å². The van der Waals surface area contributed by atoms with Crippen LogP contribution in [0.2, 0.25) is 0 Å². The average molecular weight is 307 g/mol. The van der Waals surface area contributed by atoms with E-state index < -0.39 is 0 Å². The average Bonchev–Trinajstić information content (AvgIpc) is 2.83. The SMILES string of the molecule is Cc1noc(C)c1CCC(=O)N1CC[C@@H]2OCC(=O)N[C@H]2C1. The summed E-state index contributed by atoms with van der Waals surface area (Å²) in [4.78, 5) is 25.6. The van der Waals surface area contributed by atoms with E-state index in [4.69, 9.17) is 9.26 Å². The third-order valence-corrected chi connectivity index (χ3v) is 4.45. The van der Waals surface area contributed by atoms with E-state index >= 15 is 0 Å². The van der Waals surface area contributed by atoms with Crippen molar-refractivity contribution in [3.63, 3.8) is 0 Å². The molecule has 7 nitrogen and oxygen atoms in total. The Hall–Kier alpha value is -1.89. The highest BCUT2D eigenvalue weighted by Crippen LogP contribution is 2.20. The molecule has 2 aliphatic heterocycles. The summed E-state index contributed by atoms with van der Waals surface area (Å²) in [5, 5.41) is 6.81. The van der Waals surface area contributed by atoms with Gasteiger partial charge in [-0.3, -0.25) is 9.59 Å². The van der Waals surface area contributed by atoms with Gasteiger partial charge in [0.15, 0.2) is 0 Å². The molecule has 0 aromatic carbocycles. The van der Waals surface area contributed by atoms with Gasteiger partial charge in [-0.05, 0) is 26.7 Å². The Morgan fingerprint density at radius 2 is 2.27 bits per heavy atom. The van der Waals surface area contributed by atoms with E-state index in [1.807, 2.05) is 18.7 Å². The van der Waals surface area contributed by atoms with E-state index in [0.717, 1.165) is 23.4 Å². The van der Waals surface area contributed by atoms with Gasteiger partial charge in [0, 0.05) is 25.1 Å². The van der Waals surface area contributed by atoms with Crippen LogP contribution in [0.15, 0.2) is 4.52 Å². The van der Waals surface area contributed by atoms with Crippen molar-refractivity contribution in [2.75, 3.05) is 19.7 Å². The molecule has 120 valence electrons. The summed E-state index contributed by atoms with van der Waals surface area (Å²) in [6.07, 6.45) is 1.86. The Balaban J connectivity index is 1.55. The number of piperidine rings is 1. The highest BCUT2D eigenvalue weighted by Gasteiger charge is 2.36. The number of aromatic nitrogens is 1. The van der Waals surface area contributed by atoms with Gasteiger partial charge in [-0.15, -0.1) is 0 Å². The van der Waals surface area contributed by atoms with Crippen LogP contribution in [0.25, 0.3) is 0 Å². The molecule has 0 unspecified atom stereocenters. The Morgan fingerprint density at radius 1 is 1.45 bits per heavy atom. The van der Waals surface area contributed by atoms with Gasteiger partial charge in [0.25, 0.3) is 0 Å². The minimum atomic E-state index is -0.105. The number of morpholine rings is 1. The Bertz CT molecular complexity index is 564. The Morgan fingerprint density at radius 3 is 3.00 bits per heavy atom. The lowest BCUT2D eigenvalue weighted by atomic mass is 9.99. The minimum absolute atomic E-state index is 0.0318. The molecule has 1 N–H and O–H groups in total. The first-order valence-corrected chi connectivity index (χ1v) is 7.65. The number of nitrogens with zero attached hydrogens (tertiary/aromatic N) is 2. The topological polar surface area (TPSA) is 84.7 Å². The quantitative estimate of drug-likeness (QED) is 0.870. The summed E-state index contributed by atoms with van der Waals surface area (Å²) in [6, 6.07) is -0.0852. The standard InChI is InChI=1S/C15H21N3O4/c1-9-11(10(2)22-17-9)3-4-15(20)18-6-5-13-12(7-18)16-14(19)8-21-13/h12-13H,3-8H2,1-2H3,(H,16,19)/t12-,13-/m0/s1. The molecule has 7 heteroatoms. The number of aryl methyl sites for hydroxylation is 2. The van der Waals surface area contributed by atoms with E-state index in [-0.39, 0.29) is 30.6 Å². The first-order valence-electron chi connectivity index (χ1n) is 7.65. The number of fused-ring (bicyclic) bond motifs is 1. The maximum Gasteiger partial charge on any atom is 0.246 e. The lowest BCUT2D eigenvalue weighted by molar-refractivity contribution is -0.146. The normalized spacial score (nSPS) is 24.8. The summed E-state index contributed by atoms with van der Waals surface area (Å²) in [5.74, 6) is 0.765. The lowest BCUT2D eigenvalue weighted by Gasteiger charge is -2.41. The van der Waals surface area contributed by atoms with Crippen LogP contribution in [0.4, 0.5) is 0 Å². The fourth-order valence-corrected chi connectivity index (χ4v) is 3.18. The molecular formula is C15H21N3O4. The highest BCUT2D eigenvalue weighted by molar-refractivity contribution is 5.79. The van der Waals surface area contributed by atoms with E-state index in [9.17, 15) is 9.59 Å². The molecule has 2 atom stereocenters. The summed E-state index contributed by atoms with van der Waals surface area (Å²) < 4.78 is 10.6. The number of rotatable bonds is 3. The van der Waals surface area contributed by atoms with Gasteiger partial charge < -0.3 is 19.5 Å². The Labute approximate surface area is 129 Å². The molecule has 2 amide bonds. The zero-order chi connectivity index (χ0) is 15.7. The van der Waals surface area contributed by atoms with Gasteiger partial charge in [0.05, 0.1) is 17.8 Å². The molecule has 0 spiro atoms. The van der Waals surface area contributed by atoms with Gasteiger partial charge >= 0.3 is 0 Å². The first kappa shape index (κ1) is 15.0. The number of amides is 2. The number of hydrogen-bond donors (Lipinski definition) is 1. The van der Waals surface area contributed by atoms with Crippen LogP contribution in [0.3, 0.4) is 0 Å². The molecule has 2 saturated heterocycles. The van der Waals surface area contributed by atoms with Crippen LogP contribution < -0.4 is 5.32 Å². The second kappa shape index (κ2) is 6.08. The molecule has 3 heterocycles. The number of carbonyl (C=O) groups is 2. The number of hydrogen-bond acceptors (Lipinski definition) is 5. The van der Waals surface area contributed by atoms with Crippen molar-refractivity contribution >= 4 is 11.8 Å². The lowest BCUT2D eigenvalue weighted by Crippen LogP contribution is -2.61. The maximum atomic E-state index is 12.4. The van der Waals surface area contributed by atoms with Crippen LogP contribution in [0.1, 0.15) is 29.9 Å². The molecular weight excluding hydrogens is 286 g/mol. The molecule has 0 bridgehead atoms. The molecule has 22 heavy (non-hydrogen) atoms. The van der Waals surface area contributed by atoms with Gasteiger partial charge in [-0.1, -0.05) is 5.16 Å². The van der Waals surface area contributed by atoms with Crippen molar-refractivity contribution < 1.29 is 18.8 Å². The minimum Gasteiger partial charge on any atom is -0.366 e. The van der Waals surface area contributed by atoms with Crippen LogP contribution in [0, 0.1) is 13.8 Å². The monoisotopic (exact) mass is 307 g/mol. The van der Waals surface area contributed by atoms with Gasteiger partial charge in [0.2, 0.25) is 11.8 Å². The predicted octanol–water partition coefficient (Wildman–Crippen LogP) is 0.340. The molecule has 1 aromatic rings. The van der Waals surface area contributed by atoms with Crippen molar-refractivity contribution in [3.8, 4) is 0 Å². The number of nitrogens with one attached hydrogen (secondary N) is 1.